The highest BCUT2D eigenvalue weighted by atomic mass is 35.5. The van der Waals surface area contributed by atoms with Crippen LogP contribution in [-0.2, 0) is 10.0 Å². The molecule has 7 heteroatoms. The quantitative estimate of drug-likeness (QED) is 0.737. The monoisotopic (exact) mass is 412 g/mol. The average Bonchev–Trinajstić information content (AvgIpc) is 3.26. The molecule has 0 unspecified atom stereocenters. The lowest BCUT2D eigenvalue weighted by atomic mass is 9.84. The predicted molar refractivity (Wildman–Crippen MR) is 107 cm³/mol. The summed E-state index contributed by atoms with van der Waals surface area (Å²) in [6, 6.07) is 4.58. The fraction of sp³-hybridized carbons (Fsp3) is 0.650. The average molecular weight is 413 g/mol. The van der Waals surface area contributed by atoms with Crippen LogP contribution in [0.25, 0.3) is 0 Å². The first-order valence-electron chi connectivity index (χ1n) is 9.88. The topological polar surface area (TPSA) is 66.5 Å². The molecule has 2 fully saturated rings. The summed E-state index contributed by atoms with van der Waals surface area (Å²) in [6.07, 6.45) is 5.07. The van der Waals surface area contributed by atoms with Crippen molar-refractivity contribution < 1.29 is 13.2 Å². The maximum atomic E-state index is 12.8. The number of benzene rings is 1. The molecule has 1 amide bonds. The Bertz CT molecular complexity index is 807. The first-order chi connectivity index (χ1) is 12.8. The maximum absolute atomic E-state index is 12.8. The molecule has 1 N–H and O–H groups in total. The smallest absolute Gasteiger partial charge is 0.251 e. The number of carbonyl (C=O) groups excluding carboxylic acids is 1. The molecule has 150 valence electrons. The fourth-order valence-electron chi connectivity index (χ4n) is 4.85. The Hall–Kier alpha value is -1.11. The normalized spacial score (nSPS) is 25.7. The first-order valence-corrected chi connectivity index (χ1v) is 11.7. The third-order valence-electron chi connectivity index (χ3n) is 6.31. The van der Waals surface area contributed by atoms with Gasteiger partial charge in [0.15, 0.2) is 0 Å². The van der Waals surface area contributed by atoms with Crippen molar-refractivity contribution in [1.29, 1.82) is 0 Å². The van der Waals surface area contributed by atoms with Crippen molar-refractivity contribution in [3.8, 4) is 0 Å². The second-order valence-corrected chi connectivity index (χ2v) is 10.1. The zero-order chi connectivity index (χ0) is 19.8. The van der Waals surface area contributed by atoms with Gasteiger partial charge in [0.2, 0.25) is 10.0 Å². The number of amides is 1. The number of nitrogens with zero attached hydrogens (tertiary/aromatic N) is 1. The van der Waals surface area contributed by atoms with Crippen molar-refractivity contribution >= 4 is 27.5 Å². The van der Waals surface area contributed by atoms with Crippen LogP contribution >= 0.6 is 11.6 Å². The van der Waals surface area contributed by atoms with Crippen LogP contribution in [0.4, 0.5) is 0 Å². The lowest BCUT2D eigenvalue weighted by molar-refractivity contribution is 0.0915. The van der Waals surface area contributed by atoms with Crippen LogP contribution in [0.2, 0.25) is 5.02 Å². The van der Waals surface area contributed by atoms with E-state index in [0.29, 0.717) is 30.5 Å². The second kappa shape index (κ2) is 8.10. The van der Waals surface area contributed by atoms with Crippen molar-refractivity contribution in [3.05, 3.63) is 28.8 Å². The van der Waals surface area contributed by atoms with Gasteiger partial charge < -0.3 is 5.32 Å². The number of sulfonamides is 1. The summed E-state index contributed by atoms with van der Waals surface area (Å²) < 4.78 is 27.0. The van der Waals surface area contributed by atoms with Gasteiger partial charge in [-0.05, 0) is 62.1 Å². The number of hydrogen-bond acceptors (Lipinski definition) is 3. The Kier molecular flexibility index (Phi) is 6.18. The molecule has 0 spiro atoms. The van der Waals surface area contributed by atoms with E-state index in [0.717, 1.165) is 5.92 Å². The van der Waals surface area contributed by atoms with Gasteiger partial charge in [-0.15, -0.1) is 0 Å². The fourth-order valence-corrected chi connectivity index (χ4v) is 6.81. The second-order valence-electron chi connectivity index (χ2n) is 7.84. The van der Waals surface area contributed by atoms with Gasteiger partial charge in [-0.2, -0.15) is 4.31 Å². The van der Waals surface area contributed by atoms with E-state index < -0.39 is 10.0 Å². The molecule has 0 radical (unpaired) electrons. The van der Waals surface area contributed by atoms with Crippen molar-refractivity contribution in [2.24, 2.45) is 17.8 Å². The van der Waals surface area contributed by atoms with Gasteiger partial charge in [0, 0.05) is 24.7 Å². The summed E-state index contributed by atoms with van der Waals surface area (Å²) in [5.74, 6) is 1.83. The third kappa shape index (κ3) is 4.03. The largest absolute Gasteiger partial charge is 0.349 e. The number of carbonyl (C=O) groups is 1. The SMILES string of the molecule is CCN(CC)S(=O)(=O)c1cc(C(=O)N[C@@H](C)[C@@H]2C[C@H]3CC[C@H]2C3)ccc1Cl. The van der Waals surface area contributed by atoms with Crippen LogP contribution < -0.4 is 5.32 Å². The molecule has 2 aliphatic carbocycles. The highest BCUT2D eigenvalue weighted by Crippen LogP contribution is 2.49. The molecule has 2 bridgehead atoms. The predicted octanol–water partition coefficient (Wildman–Crippen LogP) is 3.93. The summed E-state index contributed by atoms with van der Waals surface area (Å²) in [4.78, 5) is 12.7. The van der Waals surface area contributed by atoms with Gasteiger partial charge in [-0.25, -0.2) is 8.42 Å². The molecule has 1 aromatic rings. The van der Waals surface area contributed by atoms with E-state index in [-0.39, 0.29) is 21.9 Å². The lowest BCUT2D eigenvalue weighted by Crippen LogP contribution is -2.40. The zero-order valence-electron chi connectivity index (χ0n) is 16.2. The van der Waals surface area contributed by atoms with Crippen LogP contribution in [0.5, 0.6) is 0 Å². The molecule has 27 heavy (non-hydrogen) atoms. The Balaban J connectivity index is 1.78. The van der Waals surface area contributed by atoms with Crippen LogP contribution in [0.15, 0.2) is 23.1 Å². The summed E-state index contributed by atoms with van der Waals surface area (Å²) in [7, 11) is -3.72. The zero-order valence-corrected chi connectivity index (χ0v) is 17.8. The Morgan fingerprint density at radius 2 is 1.96 bits per heavy atom. The molecular formula is C20H29ClN2O3S. The summed E-state index contributed by atoms with van der Waals surface area (Å²) in [5, 5.41) is 3.23. The number of nitrogens with one attached hydrogen (secondary N) is 1. The molecule has 2 aliphatic rings. The summed E-state index contributed by atoms with van der Waals surface area (Å²) >= 11 is 6.16. The van der Waals surface area contributed by atoms with Gasteiger partial charge >= 0.3 is 0 Å². The van der Waals surface area contributed by atoms with Crippen molar-refractivity contribution in [1.82, 2.24) is 9.62 Å². The van der Waals surface area contributed by atoms with Gasteiger partial charge in [-0.3, -0.25) is 4.79 Å². The van der Waals surface area contributed by atoms with Crippen LogP contribution in [0.1, 0.15) is 56.8 Å². The van der Waals surface area contributed by atoms with Crippen LogP contribution in [-0.4, -0.2) is 37.8 Å². The minimum atomic E-state index is -3.72. The third-order valence-corrected chi connectivity index (χ3v) is 8.84. The molecule has 2 saturated carbocycles. The van der Waals surface area contributed by atoms with E-state index in [1.165, 1.54) is 42.1 Å². The van der Waals surface area contributed by atoms with E-state index >= 15 is 0 Å². The standard InChI is InChI=1S/C20H29ClN2O3S/c1-4-23(5-2)27(25,26)19-12-16(8-9-18(19)21)20(24)22-13(3)17-11-14-6-7-15(17)10-14/h8-9,12-15,17H,4-7,10-11H2,1-3H3,(H,22,24)/t13-,14-,15-,17-/m0/s1. The minimum absolute atomic E-state index is 0.00640. The van der Waals surface area contributed by atoms with Gasteiger partial charge in [-0.1, -0.05) is 31.9 Å². The van der Waals surface area contributed by atoms with E-state index in [2.05, 4.69) is 12.2 Å². The highest BCUT2D eigenvalue weighted by Gasteiger charge is 2.42. The van der Waals surface area contributed by atoms with Crippen LogP contribution in [0.3, 0.4) is 0 Å². The molecule has 0 saturated heterocycles. The molecule has 4 atom stereocenters. The summed E-state index contributed by atoms with van der Waals surface area (Å²) in [5.41, 5.74) is 0.333. The van der Waals surface area contributed by atoms with Gasteiger partial charge in [0.25, 0.3) is 5.91 Å². The Labute approximate surface area is 167 Å². The number of hydrogen-bond donors (Lipinski definition) is 1. The summed E-state index contributed by atoms with van der Waals surface area (Å²) in [6.45, 7) is 6.33. The first kappa shape index (κ1) is 20.6. The highest BCUT2D eigenvalue weighted by molar-refractivity contribution is 7.89. The lowest BCUT2D eigenvalue weighted by Gasteiger charge is -2.28. The Morgan fingerprint density at radius 1 is 1.26 bits per heavy atom. The van der Waals surface area contributed by atoms with E-state index in [9.17, 15) is 13.2 Å². The van der Waals surface area contributed by atoms with Crippen molar-refractivity contribution in [2.45, 2.75) is 57.4 Å². The molecule has 0 aliphatic heterocycles. The minimum Gasteiger partial charge on any atom is -0.349 e. The molecular weight excluding hydrogens is 384 g/mol. The molecule has 0 aromatic heterocycles. The van der Waals surface area contributed by atoms with Crippen molar-refractivity contribution in [3.63, 3.8) is 0 Å². The van der Waals surface area contributed by atoms with E-state index in [1.54, 1.807) is 19.9 Å². The van der Waals surface area contributed by atoms with Crippen molar-refractivity contribution in [2.75, 3.05) is 13.1 Å². The van der Waals surface area contributed by atoms with Gasteiger partial charge in [0.1, 0.15) is 4.90 Å². The number of halogens is 1. The molecule has 1 aromatic carbocycles. The van der Waals surface area contributed by atoms with Gasteiger partial charge in [0.05, 0.1) is 5.02 Å². The molecule has 3 rings (SSSR count). The molecule has 0 heterocycles. The maximum Gasteiger partial charge on any atom is 0.251 e. The van der Waals surface area contributed by atoms with E-state index in [1.807, 2.05) is 0 Å². The number of fused-ring (bicyclic) bond motifs is 2. The molecule has 5 nitrogen and oxygen atoms in total. The Morgan fingerprint density at radius 3 is 2.52 bits per heavy atom. The van der Waals surface area contributed by atoms with E-state index in [4.69, 9.17) is 11.6 Å². The number of rotatable bonds is 7. The van der Waals surface area contributed by atoms with Crippen LogP contribution in [0, 0.1) is 17.8 Å².